The predicted octanol–water partition coefficient (Wildman–Crippen LogP) is 1.64. The van der Waals surface area contributed by atoms with E-state index in [-0.39, 0.29) is 0 Å². The van der Waals surface area contributed by atoms with E-state index >= 15 is 0 Å². The molecule has 0 saturated carbocycles. The lowest BCUT2D eigenvalue weighted by Gasteiger charge is -2.38. The highest BCUT2D eigenvalue weighted by Crippen LogP contribution is 2.31. The maximum atomic E-state index is 11.8. The minimum absolute atomic E-state index is 0.505. The summed E-state index contributed by atoms with van der Waals surface area (Å²) in [5, 5.41) is 21.5. The number of nitrogens with one attached hydrogen (secondary N) is 1. The number of piperidine rings is 1. The number of aryl methyl sites for hydroxylation is 1. The van der Waals surface area contributed by atoms with Crippen LogP contribution in [0.3, 0.4) is 0 Å². The van der Waals surface area contributed by atoms with E-state index in [0.717, 1.165) is 11.4 Å². The highest BCUT2D eigenvalue weighted by Gasteiger charge is 2.44. The van der Waals surface area contributed by atoms with E-state index < -0.39 is 11.5 Å². The van der Waals surface area contributed by atoms with E-state index in [4.69, 9.17) is 11.6 Å². The minimum Gasteiger partial charge on any atom is -0.479 e. The standard InChI is InChI=1S/C14H18ClN5O2/c1-10-12(15)11(18-17-10)9-19-7-3-14(4-8-19,13(21)22)20-6-2-5-16-20/h2,5-6H,3-4,7-9H2,1H3,(H,17,18)(H,21,22). The third kappa shape index (κ3) is 2.50. The lowest BCUT2D eigenvalue weighted by atomic mass is 9.87. The topological polar surface area (TPSA) is 87.0 Å². The number of carboxylic acids is 1. The SMILES string of the molecule is Cc1[nH]nc(CN2CCC(C(=O)O)(n3cccn3)CC2)c1Cl. The molecule has 0 amide bonds. The maximum Gasteiger partial charge on any atom is 0.331 e. The summed E-state index contributed by atoms with van der Waals surface area (Å²) in [6.07, 6.45) is 4.34. The molecular formula is C14H18ClN5O2. The minimum atomic E-state index is -0.953. The summed E-state index contributed by atoms with van der Waals surface area (Å²) in [4.78, 5) is 14.0. The van der Waals surface area contributed by atoms with Gasteiger partial charge in [-0.05, 0) is 25.8 Å². The molecule has 0 radical (unpaired) electrons. The number of likely N-dealkylation sites (tertiary alicyclic amines) is 1. The molecule has 1 aliphatic heterocycles. The Kier molecular flexibility index (Phi) is 3.92. The number of carbonyl (C=O) groups is 1. The summed E-state index contributed by atoms with van der Waals surface area (Å²) in [5.41, 5.74) is 0.705. The fourth-order valence-corrected chi connectivity index (χ4v) is 3.07. The van der Waals surface area contributed by atoms with Gasteiger partial charge >= 0.3 is 5.97 Å². The highest BCUT2D eigenvalue weighted by molar-refractivity contribution is 6.31. The Morgan fingerprint density at radius 2 is 2.23 bits per heavy atom. The molecule has 1 saturated heterocycles. The van der Waals surface area contributed by atoms with Crippen molar-refractivity contribution < 1.29 is 9.90 Å². The van der Waals surface area contributed by atoms with Gasteiger partial charge < -0.3 is 5.11 Å². The van der Waals surface area contributed by atoms with Crippen LogP contribution in [-0.4, -0.2) is 49.0 Å². The summed E-state index contributed by atoms with van der Waals surface area (Å²) in [7, 11) is 0. The van der Waals surface area contributed by atoms with Crippen molar-refractivity contribution in [1.29, 1.82) is 0 Å². The molecule has 2 aromatic rings. The molecule has 0 bridgehead atoms. The largest absolute Gasteiger partial charge is 0.479 e. The highest BCUT2D eigenvalue weighted by atomic mass is 35.5. The Labute approximate surface area is 132 Å². The first-order chi connectivity index (χ1) is 10.5. The molecule has 2 aromatic heterocycles. The zero-order valence-electron chi connectivity index (χ0n) is 12.3. The van der Waals surface area contributed by atoms with Crippen LogP contribution in [0.2, 0.25) is 5.02 Å². The van der Waals surface area contributed by atoms with Gasteiger partial charge in [-0.3, -0.25) is 14.7 Å². The number of hydrogen-bond acceptors (Lipinski definition) is 4. The Hall–Kier alpha value is -1.86. The summed E-state index contributed by atoms with van der Waals surface area (Å²) in [5.74, 6) is -0.829. The molecule has 1 aliphatic rings. The number of aliphatic carboxylic acids is 1. The van der Waals surface area contributed by atoms with Crippen LogP contribution in [0.1, 0.15) is 24.2 Å². The smallest absolute Gasteiger partial charge is 0.331 e. The quantitative estimate of drug-likeness (QED) is 0.893. The molecule has 3 rings (SSSR count). The van der Waals surface area contributed by atoms with Gasteiger partial charge in [0.05, 0.1) is 16.4 Å². The average Bonchev–Trinajstić information content (AvgIpc) is 3.14. The molecule has 0 atom stereocenters. The zero-order chi connectivity index (χ0) is 15.7. The predicted molar refractivity (Wildman–Crippen MR) is 80.7 cm³/mol. The van der Waals surface area contributed by atoms with Gasteiger partial charge in [-0.15, -0.1) is 0 Å². The number of nitrogens with zero attached hydrogens (tertiary/aromatic N) is 4. The van der Waals surface area contributed by atoms with Gasteiger partial charge in [0.2, 0.25) is 0 Å². The van der Waals surface area contributed by atoms with Crippen LogP contribution in [0, 0.1) is 6.92 Å². The number of hydrogen-bond donors (Lipinski definition) is 2. The van der Waals surface area contributed by atoms with Crippen molar-refractivity contribution in [3.63, 3.8) is 0 Å². The second-order valence-corrected chi connectivity index (χ2v) is 6.05. The Balaban J connectivity index is 1.71. The van der Waals surface area contributed by atoms with E-state index in [0.29, 0.717) is 37.5 Å². The molecule has 2 N–H and O–H groups in total. The normalized spacial score (nSPS) is 18.5. The molecule has 118 valence electrons. The lowest BCUT2D eigenvalue weighted by Crippen LogP contribution is -2.51. The Morgan fingerprint density at radius 3 is 2.73 bits per heavy atom. The molecule has 22 heavy (non-hydrogen) atoms. The molecule has 0 aliphatic carbocycles. The Bertz CT molecular complexity index is 659. The second-order valence-electron chi connectivity index (χ2n) is 5.67. The van der Waals surface area contributed by atoms with Crippen molar-refractivity contribution in [2.45, 2.75) is 31.8 Å². The first-order valence-corrected chi connectivity index (χ1v) is 7.56. The van der Waals surface area contributed by atoms with Gasteiger partial charge in [0, 0.05) is 32.0 Å². The van der Waals surface area contributed by atoms with E-state index in [9.17, 15) is 9.90 Å². The van der Waals surface area contributed by atoms with Crippen LogP contribution in [0.25, 0.3) is 0 Å². The number of aromatic amines is 1. The molecule has 3 heterocycles. The molecule has 7 nitrogen and oxygen atoms in total. The van der Waals surface area contributed by atoms with Crippen LogP contribution in [0.15, 0.2) is 18.5 Å². The van der Waals surface area contributed by atoms with Gasteiger partial charge in [0.25, 0.3) is 0 Å². The average molecular weight is 324 g/mol. The number of carboxylic acid groups (broad SMARTS) is 1. The van der Waals surface area contributed by atoms with Gasteiger partial charge in [0.15, 0.2) is 5.54 Å². The van der Waals surface area contributed by atoms with Gasteiger partial charge in [0.1, 0.15) is 0 Å². The second kappa shape index (κ2) is 5.73. The molecule has 0 aromatic carbocycles. The van der Waals surface area contributed by atoms with Crippen LogP contribution < -0.4 is 0 Å². The van der Waals surface area contributed by atoms with Crippen LogP contribution in [-0.2, 0) is 16.9 Å². The molecule has 0 unspecified atom stereocenters. The third-order valence-electron chi connectivity index (χ3n) is 4.34. The van der Waals surface area contributed by atoms with E-state index in [1.807, 2.05) is 6.92 Å². The molecule has 0 spiro atoms. The zero-order valence-corrected chi connectivity index (χ0v) is 13.0. The maximum absolute atomic E-state index is 11.8. The van der Waals surface area contributed by atoms with Crippen LogP contribution in [0.5, 0.6) is 0 Å². The van der Waals surface area contributed by atoms with Crippen molar-refractivity contribution in [3.05, 3.63) is 34.9 Å². The lowest BCUT2D eigenvalue weighted by molar-refractivity contribution is -0.151. The summed E-state index contributed by atoms with van der Waals surface area (Å²) in [6, 6.07) is 1.75. The number of halogens is 1. The number of rotatable bonds is 4. The summed E-state index contributed by atoms with van der Waals surface area (Å²) in [6.45, 7) is 3.82. The van der Waals surface area contributed by atoms with Crippen LogP contribution in [0.4, 0.5) is 0 Å². The Morgan fingerprint density at radius 1 is 1.50 bits per heavy atom. The number of H-pyrrole nitrogens is 1. The van der Waals surface area contributed by atoms with Crippen LogP contribution >= 0.6 is 11.6 Å². The van der Waals surface area contributed by atoms with E-state index in [1.54, 1.807) is 23.1 Å². The monoisotopic (exact) mass is 323 g/mol. The van der Waals surface area contributed by atoms with Crippen molar-refractivity contribution in [2.24, 2.45) is 0 Å². The summed E-state index contributed by atoms with van der Waals surface area (Å²) >= 11 is 6.19. The fraction of sp³-hybridized carbons (Fsp3) is 0.500. The van der Waals surface area contributed by atoms with Crippen molar-refractivity contribution in [3.8, 4) is 0 Å². The van der Waals surface area contributed by atoms with Crippen molar-refractivity contribution >= 4 is 17.6 Å². The molecular weight excluding hydrogens is 306 g/mol. The molecule has 8 heteroatoms. The fourth-order valence-electron chi connectivity index (χ4n) is 2.93. The summed E-state index contributed by atoms with van der Waals surface area (Å²) < 4.78 is 1.57. The van der Waals surface area contributed by atoms with E-state index in [2.05, 4.69) is 20.2 Å². The van der Waals surface area contributed by atoms with E-state index in [1.165, 1.54) is 0 Å². The van der Waals surface area contributed by atoms with Crippen molar-refractivity contribution in [1.82, 2.24) is 24.9 Å². The number of aromatic nitrogens is 4. The molecule has 1 fully saturated rings. The third-order valence-corrected chi connectivity index (χ3v) is 4.84. The first kappa shape index (κ1) is 15.1. The van der Waals surface area contributed by atoms with Gasteiger partial charge in [-0.1, -0.05) is 11.6 Å². The first-order valence-electron chi connectivity index (χ1n) is 7.18. The van der Waals surface area contributed by atoms with Crippen molar-refractivity contribution in [2.75, 3.05) is 13.1 Å². The van der Waals surface area contributed by atoms with Gasteiger partial charge in [-0.25, -0.2) is 4.79 Å². The van der Waals surface area contributed by atoms with Gasteiger partial charge in [-0.2, -0.15) is 10.2 Å².